The average molecular weight is 337 g/mol. The van der Waals surface area contributed by atoms with E-state index in [2.05, 4.69) is 62.0 Å². The molecular formula is C19H36N4O. The lowest BCUT2D eigenvalue weighted by molar-refractivity contribution is 0.145. The Balaban J connectivity index is 1.76. The lowest BCUT2D eigenvalue weighted by Gasteiger charge is -2.46. The van der Waals surface area contributed by atoms with Crippen LogP contribution in [0.2, 0.25) is 0 Å². The van der Waals surface area contributed by atoms with Gasteiger partial charge in [0.15, 0.2) is 0 Å². The molecule has 5 heteroatoms. The number of hydrogen-bond donors (Lipinski definition) is 3. The molecule has 0 aromatic rings. The largest absolute Gasteiger partial charge is 0.335 e. The van der Waals surface area contributed by atoms with E-state index in [1.165, 1.54) is 5.57 Å². The summed E-state index contributed by atoms with van der Waals surface area (Å²) in [5.74, 6) is 0. The second-order valence-corrected chi connectivity index (χ2v) is 9.12. The Bertz CT molecular complexity index is 448. The molecule has 0 radical (unpaired) electrons. The maximum Gasteiger partial charge on any atom is 0.315 e. The summed E-state index contributed by atoms with van der Waals surface area (Å²) in [7, 11) is 0. The van der Waals surface area contributed by atoms with E-state index in [0.29, 0.717) is 0 Å². The number of carbonyl (C=O) groups is 1. The summed E-state index contributed by atoms with van der Waals surface area (Å²) in [6.45, 7) is 17.9. The van der Waals surface area contributed by atoms with Gasteiger partial charge in [-0.1, -0.05) is 12.2 Å². The number of likely N-dealkylation sites (tertiary alicyclic amines) is 1. The Hall–Kier alpha value is -1.07. The van der Waals surface area contributed by atoms with Crippen molar-refractivity contribution in [3.05, 3.63) is 12.2 Å². The second kappa shape index (κ2) is 7.44. The van der Waals surface area contributed by atoms with Gasteiger partial charge in [0.25, 0.3) is 0 Å². The summed E-state index contributed by atoms with van der Waals surface area (Å²) in [6.07, 6.45) is 3.95. The summed E-state index contributed by atoms with van der Waals surface area (Å²) < 4.78 is 0. The molecule has 24 heavy (non-hydrogen) atoms. The maximum absolute atomic E-state index is 12.4. The monoisotopic (exact) mass is 336 g/mol. The highest BCUT2D eigenvalue weighted by Crippen LogP contribution is 2.28. The first-order valence-corrected chi connectivity index (χ1v) is 9.28. The summed E-state index contributed by atoms with van der Waals surface area (Å²) in [4.78, 5) is 14.8. The highest BCUT2D eigenvalue weighted by atomic mass is 16.2. The summed E-state index contributed by atoms with van der Waals surface area (Å²) >= 11 is 0. The van der Waals surface area contributed by atoms with E-state index in [0.717, 1.165) is 45.3 Å². The average Bonchev–Trinajstić information content (AvgIpc) is 2.36. The van der Waals surface area contributed by atoms with E-state index < -0.39 is 0 Å². The van der Waals surface area contributed by atoms with E-state index in [-0.39, 0.29) is 29.2 Å². The second-order valence-electron chi connectivity index (χ2n) is 9.12. The molecule has 2 rings (SSSR count). The van der Waals surface area contributed by atoms with Gasteiger partial charge in [0.1, 0.15) is 0 Å². The number of urea groups is 1. The van der Waals surface area contributed by atoms with Gasteiger partial charge in [-0.2, -0.15) is 0 Å². The third kappa shape index (κ3) is 6.10. The third-order valence-electron chi connectivity index (χ3n) is 4.94. The zero-order chi connectivity index (χ0) is 18.0. The molecule has 2 saturated heterocycles. The van der Waals surface area contributed by atoms with Crippen LogP contribution in [0.5, 0.6) is 0 Å². The van der Waals surface area contributed by atoms with Crippen molar-refractivity contribution < 1.29 is 4.79 Å². The Kier molecular flexibility index (Phi) is 5.97. The van der Waals surface area contributed by atoms with Crippen molar-refractivity contribution in [2.24, 2.45) is 0 Å². The van der Waals surface area contributed by atoms with E-state index in [9.17, 15) is 4.79 Å². The minimum absolute atomic E-state index is 0.00755. The van der Waals surface area contributed by atoms with Crippen LogP contribution in [0, 0.1) is 0 Å². The van der Waals surface area contributed by atoms with Gasteiger partial charge in [0.2, 0.25) is 0 Å². The molecule has 2 heterocycles. The van der Waals surface area contributed by atoms with Crippen LogP contribution in [0.3, 0.4) is 0 Å². The van der Waals surface area contributed by atoms with Crippen molar-refractivity contribution in [3.8, 4) is 0 Å². The van der Waals surface area contributed by atoms with Crippen molar-refractivity contribution in [3.63, 3.8) is 0 Å². The molecule has 0 bridgehead atoms. The van der Waals surface area contributed by atoms with Crippen LogP contribution in [0.15, 0.2) is 12.2 Å². The molecule has 0 aromatic heterocycles. The molecule has 5 nitrogen and oxygen atoms in total. The highest BCUT2D eigenvalue weighted by Gasteiger charge is 2.38. The standard InChI is InChI=1S/C19H36N4O/c1-14(2)13-23-9-7-15(8-10-23)20-17(24)21-16-11-18(3,4)22-19(5,6)12-16/h15-16,22H,1,7-13H2,2-6H3,(H2,20,21,24). The molecule has 138 valence electrons. The fourth-order valence-electron chi connectivity index (χ4n) is 4.45. The first-order chi connectivity index (χ1) is 11.0. The van der Waals surface area contributed by atoms with Crippen LogP contribution in [0.25, 0.3) is 0 Å². The molecule has 0 aliphatic carbocycles. The van der Waals surface area contributed by atoms with Gasteiger partial charge in [-0.05, 0) is 60.3 Å². The number of nitrogens with zero attached hydrogens (tertiary/aromatic N) is 1. The zero-order valence-electron chi connectivity index (χ0n) is 16.2. The molecule has 3 N–H and O–H groups in total. The minimum Gasteiger partial charge on any atom is -0.335 e. The van der Waals surface area contributed by atoms with Crippen molar-refractivity contribution in [2.45, 2.75) is 83.5 Å². The quantitative estimate of drug-likeness (QED) is 0.692. The lowest BCUT2D eigenvalue weighted by Crippen LogP contribution is -2.63. The van der Waals surface area contributed by atoms with E-state index >= 15 is 0 Å². The van der Waals surface area contributed by atoms with Crippen LogP contribution >= 0.6 is 0 Å². The Labute approximate surface area is 147 Å². The minimum atomic E-state index is -0.00755. The Morgan fingerprint density at radius 1 is 1.08 bits per heavy atom. The molecule has 0 unspecified atom stereocenters. The van der Waals surface area contributed by atoms with Gasteiger partial charge in [0, 0.05) is 42.8 Å². The number of hydrogen-bond acceptors (Lipinski definition) is 3. The van der Waals surface area contributed by atoms with Crippen molar-refractivity contribution in [1.29, 1.82) is 0 Å². The van der Waals surface area contributed by atoms with Gasteiger partial charge >= 0.3 is 6.03 Å². The highest BCUT2D eigenvalue weighted by molar-refractivity contribution is 5.74. The fraction of sp³-hybridized carbons (Fsp3) is 0.842. The molecule has 2 fully saturated rings. The van der Waals surface area contributed by atoms with Gasteiger partial charge < -0.3 is 16.0 Å². The fourth-order valence-corrected chi connectivity index (χ4v) is 4.45. The Morgan fingerprint density at radius 3 is 2.08 bits per heavy atom. The van der Waals surface area contributed by atoms with Crippen molar-refractivity contribution >= 4 is 6.03 Å². The third-order valence-corrected chi connectivity index (χ3v) is 4.94. The van der Waals surface area contributed by atoms with Gasteiger partial charge in [-0.25, -0.2) is 4.79 Å². The predicted octanol–water partition coefficient (Wildman–Crippen LogP) is 2.64. The Morgan fingerprint density at radius 2 is 1.58 bits per heavy atom. The summed E-state index contributed by atoms with van der Waals surface area (Å²) in [5.41, 5.74) is 1.30. The number of amides is 2. The number of nitrogens with one attached hydrogen (secondary N) is 3. The van der Waals surface area contributed by atoms with E-state index in [1.807, 2.05) is 0 Å². The van der Waals surface area contributed by atoms with Crippen LogP contribution in [-0.2, 0) is 0 Å². The van der Waals surface area contributed by atoms with Crippen molar-refractivity contribution in [1.82, 2.24) is 20.9 Å². The molecular weight excluding hydrogens is 300 g/mol. The van der Waals surface area contributed by atoms with Crippen LogP contribution in [-0.4, -0.2) is 53.7 Å². The number of piperidine rings is 2. The van der Waals surface area contributed by atoms with E-state index in [4.69, 9.17) is 0 Å². The first-order valence-electron chi connectivity index (χ1n) is 9.28. The first kappa shape index (κ1) is 19.3. The van der Waals surface area contributed by atoms with Gasteiger partial charge in [0.05, 0.1) is 0 Å². The number of rotatable bonds is 4. The van der Waals surface area contributed by atoms with Crippen molar-refractivity contribution in [2.75, 3.05) is 19.6 Å². The van der Waals surface area contributed by atoms with E-state index in [1.54, 1.807) is 0 Å². The summed E-state index contributed by atoms with van der Waals surface area (Å²) in [6, 6.07) is 0.501. The SMILES string of the molecule is C=C(C)CN1CCC(NC(=O)NC2CC(C)(C)NC(C)(C)C2)CC1. The molecule has 2 aliphatic rings. The molecule has 0 spiro atoms. The zero-order valence-corrected chi connectivity index (χ0v) is 16.2. The molecule has 0 saturated carbocycles. The topological polar surface area (TPSA) is 56.4 Å². The van der Waals surface area contributed by atoms with Crippen LogP contribution in [0.1, 0.15) is 60.3 Å². The maximum atomic E-state index is 12.4. The smallest absolute Gasteiger partial charge is 0.315 e. The molecule has 2 amide bonds. The van der Waals surface area contributed by atoms with Crippen LogP contribution in [0.4, 0.5) is 4.79 Å². The summed E-state index contributed by atoms with van der Waals surface area (Å²) in [5, 5.41) is 10.0. The van der Waals surface area contributed by atoms with Crippen LogP contribution < -0.4 is 16.0 Å². The van der Waals surface area contributed by atoms with Gasteiger partial charge in [-0.3, -0.25) is 4.90 Å². The normalized spacial score (nSPS) is 25.2. The lowest BCUT2D eigenvalue weighted by atomic mass is 9.80. The molecule has 2 aliphatic heterocycles. The predicted molar refractivity (Wildman–Crippen MR) is 100 cm³/mol. The molecule has 0 aromatic carbocycles. The van der Waals surface area contributed by atoms with Gasteiger partial charge in [-0.15, -0.1) is 0 Å². The molecule has 0 atom stereocenters. The number of carbonyl (C=O) groups excluding carboxylic acids is 1.